The molecular weight excluding hydrogens is 559 g/mol. The maximum absolute atomic E-state index is 15.0. The standard InChI is InChI=1S/C34H45FN6O3/c1-6-41(26-9-15-44-16-10-26)29-18-25(24-7-8-30(37-19-24)40-13-11-36-12-14-40)17-27(22(29)4)33(42)38-20-28-31(21(2)3)32(35)23(5)39-34(28)43/h7-8,17-19,21,26,36H,6,9-16,20H2,1-5H3,(H,38,42)(H,39,43). The normalized spacial score (nSPS) is 15.9. The molecule has 0 bridgehead atoms. The third-order valence-electron chi connectivity index (χ3n) is 8.90. The predicted molar refractivity (Wildman–Crippen MR) is 173 cm³/mol. The van der Waals surface area contributed by atoms with Crippen LogP contribution in [0.2, 0.25) is 0 Å². The van der Waals surface area contributed by atoms with Gasteiger partial charge in [0.2, 0.25) is 0 Å². The van der Waals surface area contributed by atoms with Crippen molar-refractivity contribution in [2.24, 2.45) is 0 Å². The summed E-state index contributed by atoms with van der Waals surface area (Å²) < 4.78 is 20.7. The zero-order valence-electron chi connectivity index (χ0n) is 26.6. The Kier molecular flexibility index (Phi) is 10.0. The van der Waals surface area contributed by atoms with E-state index < -0.39 is 5.82 Å². The van der Waals surface area contributed by atoms with E-state index >= 15 is 4.39 Å². The fourth-order valence-electron chi connectivity index (χ4n) is 6.46. The summed E-state index contributed by atoms with van der Waals surface area (Å²) in [5.41, 5.74) is 4.58. The Morgan fingerprint density at radius 1 is 1.16 bits per heavy atom. The zero-order valence-corrected chi connectivity index (χ0v) is 26.6. The molecule has 2 aromatic heterocycles. The molecule has 0 unspecified atom stereocenters. The number of carbonyl (C=O) groups excluding carboxylic acids is 1. The van der Waals surface area contributed by atoms with Gasteiger partial charge in [0.1, 0.15) is 11.6 Å². The minimum Gasteiger partial charge on any atom is -0.381 e. The van der Waals surface area contributed by atoms with E-state index in [0.717, 1.165) is 73.8 Å². The fourth-order valence-corrected chi connectivity index (χ4v) is 6.46. The third kappa shape index (κ3) is 6.66. The van der Waals surface area contributed by atoms with Crippen molar-refractivity contribution in [2.45, 2.75) is 66.0 Å². The number of hydrogen-bond acceptors (Lipinski definition) is 7. The molecule has 9 nitrogen and oxygen atoms in total. The number of halogens is 1. The molecule has 236 valence electrons. The highest BCUT2D eigenvalue weighted by atomic mass is 19.1. The Balaban J connectivity index is 1.51. The number of piperazine rings is 1. The number of anilines is 2. The van der Waals surface area contributed by atoms with Gasteiger partial charge in [-0.3, -0.25) is 9.59 Å². The van der Waals surface area contributed by atoms with E-state index in [1.165, 1.54) is 0 Å². The summed E-state index contributed by atoms with van der Waals surface area (Å²) in [7, 11) is 0. The summed E-state index contributed by atoms with van der Waals surface area (Å²) in [6.45, 7) is 15.2. The van der Waals surface area contributed by atoms with Crippen LogP contribution in [-0.4, -0.2) is 67.9 Å². The SMILES string of the molecule is CCN(c1cc(-c2ccc(N3CCNCC3)nc2)cc(C(=O)NCc2c(C(C)C)c(F)c(C)[nH]c2=O)c1C)C1CCOCC1. The second-order valence-electron chi connectivity index (χ2n) is 12.1. The lowest BCUT2D eigenvalue weighted by Crippen LogP contribution is -2.43. The molecule has 3 N–H and O–H groups in total. The molecule has 5 rings (SSSR count). The van der Waals surface area contributed by atoms with Crippen LogP contribution in [0.15, 0.2) is 35.3 Å². The van der Waals surface area contributed by atoms with Gasteiger partial charge in [-0.1, -0.05) is 13.8 Å². The van der Waals surface area contributed by atoms with Crippen LogP contribution in [0.25, 0.3) is 11.1 Å². The van der Waals surface area contributed by atoms with Gasteiger partial charge in [-0.15, -0.1) is 0 Å². The number of nitrogens with one attached hydrogen (secondary N) is 3. The van der Waals surface area contributed by atoms with Crippen LogP contribution in [0.5, 0.6) is 0 Å². The molecule has 2 fully saturated rings. The number of nitrogens with zero attached hydrogens (tertiary/aromatic N) is 3. The highest BCUT2D eigenvalue weighted by Crippen LogP contribution is 2.34. The number of aromatic nitrogens is 2. The number of benzene rings is 1. The van der Waals surface area contributed by atoms with Crippen LogP contribution < -0.4 is 26.0 Å². The van der Waals surface area contributed by atoms with Gasteiger partial charge in [-0.05, 0) is 74.9 Å². The summed E-state index contributed by atoms with van der Waals surface area (Å²) in [6.07, 6.45) is 3.71. The topological polar surface area (TPSA) is 103 Å². The highest BCUT2D eigenvalue weighted by molar-refractivity contribution is 5.99. The van der Waals surface area contributed by atoms with Crippen molar-refractivity contribution >= 4 is 17.4 Å². The molecule has 2 saturated heterocycles. The van der Waals surface area contributed by atoms with Crippen molar-refractivity contribution in [1.29, 1.82) is 0 Å². The Hall–Kier alpha value is -3.76. The van der Waals surface area contributed by atoms with Crippen LogP contribution in [-0.2, 0) is 11.3 Å². The lowest BCUT2D eigenvalue weighted by molar-refractivity contribution is 0.0846. The van der Waals surface area contributed by atoms with Crippen LogP contribution >= 0.6 is 0 Å². The lowest BCUT2D eigenvalue weighted by atomic mass is 9.95. The summed E-state index contributed by atoms with van der Waals surface area (Å²) in [4.78, 5) is 38.8. The lowest BCUT2D eigenvalue weighted by Gasteiger charge is -2.37. The first-order chi connectivity index (χ1) is 21.2. The van der Waals surface area contributed by atoms with Crippen LogP contribution in [0, 0.1) is 19.7 Å². The molecule has 1 aromatic carbocycles. The first-order valence-corrected chi connectivity index (χ1v) is 15.8. The average Bonchev–Trinajstić information content (AvgIpc) is 3.04. The number of aromatic amines is 1. The molecule has 4 heterocycles. The molecule has 0 aliphatic carbocycles. The van der Waals surface area contributed by atoms with Crippen molar-refractivity contribution in [3.05, 3.63) is 74.6 Å². The maximum Gasteiger partial charge on any atom is 0.253 e. The minimum absolute atomic E-state index is 0.0731. The van der Waals surface area contributed by atoms with E-state index in [4.69, 9.17) is 9.72 Å². The maximum atomic E-state index is 15.0. The number of amides is 1. The van der Waals surface area contributed by atoms with Gasteiger partial charge in [0.15, 0.2) is 0 Å². The van der Waals surface area contributed by atoms with E-state index in [2.05, 4.69) is 44.5 Å². The first kappa shape index (κ1) is 31.7. The number of hydrogen-bond donors (Lipinski definition) is 3. The second kappa shape index (κ2) is 13.9. The molecule has 0 spiro atoms. The Morgan fingerprint density at radius 2 is 1.89 bits per heavy atom. The van der Waals surface area contributed by atoms with E-state index in [1.54, 1.807) is 6.92 Å². The van der Waals surface area contributed by atoms with Crippen molar-refractivity contribution < 1.29 is 13.9 Å². The molecule has 3 aromatic rings. The number of H-pyrrole nitrogens is 1. The number of aryl methyl sites for hydroxylation is 1. The quantitative estimate of drug-likeness (QED) is 0.327. The fraction of sp³-hybridized carbons (Fsp3) is 0.500. The molecular formula is C34H45FN6O3. The van der Waals surface area contributed by atoms with Gasteiger partial charge in [0.25, 0.3) is 11.5 Å². The number of carbonyl (C=O) groups is 1. The Bertz CT molecular complexity index is 1530. The van der Waals surface area contributed by atoms with Crippen LogP contribution in [0.3, 0.4) is 0 Å². The summed E-state index contributed by atoms with van der Waals surface area (Å²) in [5, 5.41) is 6.31. The van der Waals surface area contributed by atoms with Gasteiger partial charge >= 0.3 is 0 Å². The average molecular weight is 605 g/mol. The van der Waals surface area contributed by atoms with E-state index in [9.17, 15) is 9.59 Å². The molecule has 10 heteroatoms. The molecule has 2 aliphatic heterocycles. The van der Waals surface area contributed by atoms with Crippen LogP contribution in [0.1, 0.15) is 72.3 Å². The van der Waals surface area contributed by atoms with Crippen molar-refractivity contribution in [3.63, 3.8) is 0 Å². The van der Waals surface area contributed by atoms with E-state index in [1.807, 2.05) is 39.1 Å². The van der Waals surface area contributed by atoms with Gasteiger partial charge in [0.05, 0.1) is 5.69 Å². The highest BCUT2D eigenvalue weighted by Gasteiger charge is 2.26. The third-order valence-corrected chi connectivity index (χ3v) is 8.90. The largest absolute Gasteiger partial charge is 0.381 e. The number of ether oxygens (including phenoxy) is 1. The van der Waals surface area contributed by atoms with Crippen molar-refractivity contribution in [2.75, 3.05) is 55.7 Å². The van der Waals surface area contributed by atoms with E-state index in [-0.39, 0.29) is 35.2 Å². The smallest absolute Gasteiger partial charge is 0.253 e. The molecule has 0 radical (unpaired) electrons. The predicted octanol–water partition coefficient (Wildman–Crippen LogP) is 4.66. The molecule has 44 heavy (non-hydrogen) atoms. The second-order valence-corrected chi connectivity index (χ2v) is 12.1. The number of rotatable bonds is 9. The molecule has 1 amide bonds. The summed E-state index contributed by atoms with van der Waals surface area (Å²) >= 11 is 0. The van der Waals surface area contributed by atoms with Gasteiger partial charge in [-0.25, -0.2) is 9.37 Å². The van der Waals surface area contributed by atoms with Gasteiger partial charge in [-0.2, -0.15) is 0 Å². The molecule has 0 atom stereocenters. The Morgan fingerprint density at radius 3 is 2.52 bits per heavy atom. The van der Waals surface area contributed by atoms with Crippen LogP contribution in [0.4, 0.5) is 15.9 Å². The minimum atomic E-state index is -0.434. The zero-order chi connectivity index (χ0) is 31.4. The van der Waals surface area contributed by atoms with Gasteiger partial charge < -0.3 is 30.2 Å². The summed E-state index contributed by atoms with van der Waals surface area (Å²) in [6, 6.07) is 8.46. The first-order valence-electron chi connectivity index (χ1n) is 15.8. The Labute approximate surface area is 259 Å². The van der Waals surface area contributed by atoms with Crippen molar-refractivity contribution in [3.8, 4) is 11.1 Å². The van der Waals surface area contributed by atoms with Gasteiger partial charge in [0, 0.05) is 92.7 Å². The van der Waals surface area contributed by atoms with E-state index in [0.29, 0.717) is 30.4 Å². The number of pyridine rings is 2. The van der Waals surface area contributed by atoms with Crippen molar-refractivity contribution in [1.82, 2.24) is 20.6 Å². The monoisotopic (exact) mass is 604 g/mol. The molecule has 2 aliphatic rings. The summed E-state index contributed by atoms with van der Waals surface area (Å²) in [5.74, 6) is -0.0199. The molecule has 0 saturated carbocycles.